The van der Waals surface area contributed by atoms with E-state index >= 15 is 0 Å². The van der Waals surface area contributed by atoms with Crippen molar-refractivity contribution in [3.63, 3.8) is 0 Å². The first-order valence-electron chi connectivity index (χ1n) is 11.0. The number of anilines is 1. The highest BCUT2D eigenvalue weighted by Gasteiger charge is 2.18. The Morgan fingerprint density at radius 2 is 1.82 bits per heavy atom. The number of carbonyl (C=O) groups excluding carboxylic acids is 1. The third-order valence-corrected chi connectivity index (χ3v) is 5.89. The van der Waals surface area contributed by atoms with Crippen LogP contribution in [0.15, 0.2) is 71.8 Å². The Bertz CT molecular complexity index is 1330. The highest BCUT2D eigenvalue weighted by molar-refractivity contribution is 6.31. The Labute approximate surface area is 197 Å². The quantitative estimate of drug-likeness (QED) is 0.402. The summed E-state index contributed by atoms with van der Waals surface area (Å²) in [5, 5.41) is 6.28. The van der Waals surface area contributed by atoms with Crippen LogP contribution in [0.5, 0.6) is 0 Å². The van der Waals surface area contributed by atoms with Crippen molar-refractivity contribution >= 4 is 34.0 Å². The second-order valence-corrected chi connectivity index (χ2v) is 8.23. The number of rotatable bonds is 7. The molecule has 0 aliphatic rings. The van der Waals surface area contributed by atoms with Crippen LogP contribution in [0.1, 0.15) is 30.7 Å². The number of halogens is 1. The maximum atomic E-state index is 13.2. The summed E-state index contributed by atoms with van der Waals surface area (Å²) in [6.07, 6.45) is 4.87. The number of amides is 1. The van der Waals surface area contributed by atoms with Gasteiger partial charge in [-0.25, -0.2) is 4.68 Å². The Hall–Kier alpha value is -3.51. The van der Waals surface area contributed by atoms with E-state index in [1.54, 1.807) is 35.5 Å². The summed E-state index contributed by atoms with van der Waals surface area (Å²) in [5.74, 6) is -0.197. The molecule has 6 nitrogen and oxygen atoms in total. The number of benzene rings is 2. The van der Waals surface area contributed by atoms with Crippen molar-refractivity contribution in [2.75, 3.05) is 11.4 Å². The van der Waals surface area contributed by atoms with Crippen molar-refractivity contribution in [3.8, 4) is 0 Å². The average Bonchev–Trinajstić information content (AvgIpc) is 2.83. The molecular weight excluding hydrogens is 436 g/mol. The first-order chi connectivity index (χ1) is 16.0. The lowest BCUT2D eigenvalue weighted by Gasteiger charge is -2.22. The molecule has 0 aliphatic heterocycles. The highest BCUT2D eigenvalue weighted by Crippen LogP contribution is 2.22. The van der Waals surface area contributed by atoms with Crippen LogP contribution in [-0.4, -0.2) is 27.2 Å². The summed E-state index contributed by atoms with van der Waals surface area (Å²) < 4.78 is 1.26. The predicted molar refractivity (Wildman–Crippen MR) is 132 cm³/mol. The number of carbonyl (C=O) groups is 1. The molecule has 0 saturated heterocycles. The van der Waals surface area contributed by atoms with Crippen molar-refractivity contribution in [2.45, 2.75) is 33.2 Å². The topological polar surface area (TPSA) is 68.1 Å². The Kier molecular flexibility index (Phi) is 6.84. The number of fused-ring (bicyclic) bond motifs is 1. The molecule has 168 valence electrons. The van der Waals surface area contributed by atoms with E-state index < -0.39 is 0 Å². The zero-order chi connectivity index (χ0) is 23.4. The van der Waals surface area contributed by atoms with Crippen molar-refractivity contribution in [1.29, 1.82) is 0 Å². The molecule has 0 bridgehead atoms. The summed E-state index contributed by atoms with van der Waals surface area (Å²) in [4.78, 5) is 32.2. The fraction of sp³-hybridized carbons (Fsp3) is 0.231. The second kappa shape index (κ2) is 9.96. The van der Waals surface area contributed by atoms with Crippen LogP contribution in [0.25, 0.3) is 10.8 Å². The normalized spacial score (nSPS) is 11.0. The monoisotopic (exact) mass is 460 g/mol. The molecule has 2 aromatic carbocycles. The van der Waals surface area contributed by atoms with Crippen LogP contribution in [-0.2, 0) is 24.2 Å². The fourth-order valence-corrected chi connectivity index (χ4v) is 4.06. The van der Waals surface area contributed by atoms with Crippen LogP contribution in [0, 0.1) is 0 Å². The van der Waals surface area contributed by atoms with Gasteiger partial charge in [-0.1, -0.05) is 36.7 Å². The van der Waals surface area contributed by atoms with E-state index in [1.807, 2.05) is 43.3 Å². The van der Waals surface area contributed by atoms with Gasteiger partial charge in [0.15, 0.2) is 0 Å². The maximum absolute atomic E-state index is 13.2. The van der Waals surface area contributed by atoms with Crippen molar-refractivity contribution in [3.05, 3.63) is 99.2 Å². The lowest BCUT2D eigenvalue weighted by molar-refractivity contribution is -0.119. The van der Waals surface area contributed by atoms with E-state index in [-0.39, 0.29) is 18.0 Å². The summed E-state index contributed by atoms with van der Waals surface area (Å²) in [5.41, 5.74) is 3.31. The molecule has 2 heterocycles. The molecule has 0 spiro atoms. The predicted octanol–water partition coefficient (Wildman–Crippen LogP) is 4.65. The van der Waals surface area contributed by atoms with Crippen LogP contribution >= 0.6 is 11.6 Å². The summed E-state index contributed by atoms with van der Waals surface area (Å²) in [7, 11) is 0. The maximum Gasteiger partial charge on any atom is 0.275 e. The number of nitrogens with zero attached hydrogens (tertiary/aromatic N) is 4. The smallest absolute Gasteiger partial charge is 0.275 e. The van der Waals surface area contributed by atoms with Gasteiger partial charge in [0.25, 0.3) is 5.56 Å². The minimum atomic E-state index is -0.317. The van der Waals surface area contributed by atoms with Gasteiger partial charge in [0.05, 0.1) is 11.1 Å². The Balaban J connectivity index is 1.72. The van der Waals surface area contributed by atoms with E-state index in [2.05, 4.69) is 17.0 Å². The summed E-state index contributed by atoms with van der Waals surface area (Å²) in [6.45, 7) is 4.34. The molecule has 4 aromatic rings. The highest BCUT2D eigenvalue weighted by atomic mass is 35.5. The first kappa shape index (κ1) is 22.7. The van der Waals surface area contributed by atoms with Gasteiger partial charge in [-0.15, -0.1) is 0 Å². The van der Waals surface area contributed by atoms with Gasteiger partial charge in [-0.2, -0.15) is 5.10 Å². The van der Waals surface area contributed by atoms with Crippen LogP contribution in [0.3, 0.4) is 0 Å². The Morgan fingerprint density at radius 3 is 2.48 bits per heavy atom. The number of hydrogen-bond donors (Lipinski definition) is 0. The largest absolute Gasteiger partial charge is 0.311 e. The van der Waals surface area contributed by atoms with E-state index in [9.17, 15) is 9.59 Å². The lowest BCUT2D eigenvalue weighted by atomic mass is 10.1. The minimum absolute atomic E-state index is 0.152. The van der Waals surface area contributed by atoms with Crippen molar-refractivity contribution in [2.24, 2.45) is 0 Å². The molecule has 4 rings (SSSR count). The molecule has 0 saturated carbocycles. The average molecular weight is 461 g/mol. The van der Waals surface area contributed by atoms with Gasteiger partial charge in [-0.05, 0) is 60.9 Å². The zero-order valence-corrected chi connectivity index (χ0v) is 19.4. The lowest BCUT2D eigenvalue weighted by Crippen LogP contribution is -2.37. The standard InChI is InChI=1S/C26H25ClN4O2/c1-3-18-7-10-21(11-8-18)30(4-2)25(32)17-31-26(33)22-12-9-20(27)15-23(22)24(29-31)14-19-6-5-13-28-16-19/h5-13,15-16H,3-4,14,17H2,1-2H3. The fourth-order valence-electron chi connectivity index (χ4n) is 3.89. The molecule has 0 atom stereocenters. The van der Waals surface area contributed by atoms with Gasteiger partial charge < -0.3 is 4.90 Å². The van der Waals surface area contributed by atoms with E-state index in [1.165, 1.54) is 10.2 Å². The molecule has 7 heteroatoms. The number of hydrogen-bond acceptors (Lipinski definition) is 4. The molecule has 0 aliphatic carbocycles. The van der Waals surface area contributed by atoms with Gasteiger partial charge in [-0.3, -0.25) is 14.6 Å². The third kappa shape index (κ3) is 4.96. The van der Waals surface area contributed by atoms with Crippen molar-refractivity contribution in [1.82, 2.24) is 14.8 Å². The van der Waals surface area contributed by atoms with Gasteiger partial charge in [0.1, 0.15) is 6.54 Å². The number of aromatic nitrogens is 3. The SMILES string of the molecule is CCc1ccc(N(CC)C(=O)Cn2nc(Cc3cccnc3)c3cc(Cl)ccc3c2=O)cc1. The number of aryl methyl sites for hydroxylation is 1. The Morgan fingerprint density at radius 1 is 1.03 bits per heavy atom. The molecule has 1 amide bonds. The molecule has 0 N–H and O–H groups in total. The van der Waals surface area contributed by atoms with Gasteiger partial charge >= 0.3 is 0 Å². The van der Waals surface area contributed by atoms with Crippen LogP contribution < -0.4 is 10.5 Å². The van der Waals surface area contributed by atoms with E-state index in [0.717, 1.165) is 17.7 Å². The second-order valence-electron chi connectivity index (χ2n) is 7.80. The van der Waals surface area contributed by atoms with Gasteiger partial charge in [0.2, 0.25) is 5.91 Å². The van der Waals surface area contributed by atoms with Crippen LogP contribution in [0.4, 0.5) is 5.69 Å². The molecular formula is C26H25ClN4O2. The number of pyridine rings is 1. The third-order valence-electron chi connectivity index (χ3n) is 5.65. The van der Waals surface area contributed by atoms with Crippen molar-refractivity contribution < 1.29 is 4.79 Å². The number of likely N-dealkylation sites (N-methyl/N-ethyl adjacent to an activating group) is 1. The summed E-state index contributed by atoms with van der Waals surface area (Å²) in [6, 6.07) is 16.8. The molecule has 0 unspecified atom stereocenters. The molecule has 33 heavy (non-hydrogen) atoms. The van der Waals surface area contributed by atoms with E-state index in [0.29, 0.717) is 34.5 Å². The zero-order valence-electron chi connectivity index (χ0n) is 18.7. The summed E-state index contributed by atoms with van der Waals surface area (Å²) >= 11 is 6.21. The molecule has 0 fully saturated rings. The van der Waals surface area contributed by atoms with E-state index in [4.69, 9.17) is 11.6 Å². The first-order valence-corrected chi connectivity index (χ1v) is 11.4. The molecule has 2 aromatic heterocycles. The van der Waals surface area contributed by atoms with Crippen LogP contribution in [0.2, 0.25) is 5.02 Å². The minimum Gasteiger partial charge on any atom is -0.311 e. The molecule has 0 radical (unpaired) electrons. The van der Waals surface area contributed by atoms with Gasteiger partial charge in [0, 0.05) is 41.5 Å².